The molecule has 2 rings (SSSR count). The zero-order valence-electron chi connectivity index (χ0n) is 5.35. The van der Waals surface area contributed by atoms with Crippen LogP contribution in [-0.2, 0) is 0 Å². The second-order valence-corrected chi connectivity index (χ2v) is 3.28. The van der Waals surface area contributed by atoms with Gasteiger partial charge in [0.05, 0.1) is 0 Å². The average molecular weight is 108 g/mol. The lowest BCUT2D eigenvalue weighted by molar-refractivity contribution is 0.0852. The molecule has 2 aliphatic rings. The van der Waals surface area contributed by atoms with Gasteiger partial charge in [-0.05, 0) is 30.6 Å². The van der Waals surface area contributed by atoms with Gasteiger partial charge in [0, 0.05) is 0 Å². The third kappa shape index (κ3) is 0.331. The van der Waals surface area contributed by atoms with Gasteiger partial charge < -0.3 is 0 Å². The van der Waals surface area contributed by atoms with Crippen molar-refractivity contribution < 1.29 is 0 Å². The second-order valence-electron chi connectivity index (χ2n) is 3.28. The lowest BCUT2D eigenvalue weighted by atomic mass is 9.55. The van der Waals surface area contributed by atoms with Crippen molar-refractivity contribution in [2.75, 3.05) is 0 Å². The maximum atomic E-state index is 2.40. The molecule has 1 spiro atoms. The molecular formula is C8H12. The molecule has 0 heteroatoms. The summed E-state index contributed by atoms with van der Waals surface area (Å²) in [5.74, 6) is 0.993. The molecule has 0 aliphatic heterocycles. The molecule has 0 heterocycles. The zero-order chi connectivity index (χ0) is 5.61. The van der Waals surface area contributed by atoms with Crippen LogP contribution in [0.3, 0.4) is 0 Å². The summed E-state index contributed by atoms with van der Waals surface area (Å²) in [4.78, 5) is 0. The van der Waals surface area contributed by atoms with Crippen LogP contribution in [-0.4, -0.2) is 0 Å². The average Bonchev–Trinajstić information content (AvgIpc) is 1.58. The zero-order valence-corrected chi connectivity index (χ0v) is 5.35. The highest BCUT2D eigenvalue weighted by Gasteiger charge is 2.43. The highest BCUT2D eigenvalue weighted by atomic mass is 14.5. The molecule has 2 aliphatic carbocycles. The van der Waals surface area contributed by atoms with Gasteiger partial charge in [-0.2, -0.15) is 0 Å². The van der Waals surface area contributed by atoms with E-state index < -0.39 is 0 Å². The van der Waals surface area contributed by atoms with Crippen molar-refractivity contribution in [2.24, 2.45) is 11.3 Å². The normalized spacial score (nSPS) is 50.9. The van der Waals surface area contributed by atoms with E-state index in [0.717, 1.165) is 11.3 Å². The van der Waals surface area contributed by atoms with Crippen molar-refractivity contribution in [3.63, 3.8) is 0 Å². The van der Waals surface area contributed by atoms with E-state index in [-0.39, 0.29) is 0 Å². The van der Waals surface area contributed by atoms with Crippen molar-refractivity contribution in [3.8, 4) is 0 Å². The number of allylic oxidation sites excluding steroid dienone is 2. The largest absolute Gasteiger partial charge is 0.0871 e. The lowest BCUT2D eigenvalue weighted by Gasteiger charge is -2.50. The van der Waals surface area contributed by atoms with Crippen LogP contribution in [0, 0.1) is 11.3 Å². The Morgan fingerprint density at radius 1 is 1.62 bits per heavy atom. The van der Waals surface area contributed by atoms with Crippen LogP contribution in [0.5, 0.6) is 0 Å². The van der Waals surface area contributed by atoms with Gasteiger partial charge in [-0.25, -0.2) is 0 Å². The number of hydrogen-bond acceptors (Lipinski definition) is 0. The maximum absolute atomic E-state index is 2.40. The van der Waals surface area contributed by atoms with Crippen molar-refractivity contribution in [2.45, 2.75) is 26.2 Å². The van der Waals surface area contributed by atoms with Gasteiger partial charge in [-0.15, -0.1) is 0 Å². The minimum atomic E-state index is 0.722. The topological polar surface area (TPSA) is 0 Å². The van der Waals surface area contributed by atoms with Gasteiger partial charge in [0.15, 0.2) is 0 Å². The Balaban J connectivity index is 2.16. The summed E-state index contributed by atoms with van der Waals surface area (Å²) in [6.07, 6.45) is 9.00. The Kier molecular flexibility index (Phi) is 0.677. The molecule has 0 aromatic heterocycles. The molecule has 1 fully saturated rings. The highest BCUT2D eigenvalue weighted by Crippen LogP contribution is 2.54. The van der Waals surface area contributed by atoms with E-state index in [1.807, 2.05) is 0 Å². The van der Waals surface area contributed by atoms with E-state index in [0.29, 0.717) is 0 Å². The van der Waals surface area contributed by atoms with Gasteiger partial charge in [0.1, 0.15) is 0 Å². The molecule has 0 aromatic carbocycles. The van der Waals surface area contributed by atoms with Crippen LogP contribution < -0.4 is 0 Å². The molecule has 0 amide bonds. The second kappa shape index (κ2) is 1.18. The van der Waals surface area contributed by atoms with Crippen LogP contribution in [0.15, 0.2) is 12.2 Å². The molecule has 2 atom stereocenters. The first-order chi connectivity index (χ1) is 3.83. The molecule has 2 unspecified atom stereocenters. The molecular weight excluding hydrogens is 96.1 g/mol. The third-order valence-corrected chi connectivity index (χ3v) is 2.97. The minimum absolute atomic E-state index is 0.722. The third-order valence-electron chi connectivity index (χ3n) is 2.97. The summed E-state index contributed by atoms with van der Waals surface area (Å²) < 4.78 is 0. The monoisotopic (exact) mass is 108 g/mol. The number of rotatable bonds is 0. The first-order valence-corrected chi connectivity index (χ1v) is 3.51. The van der Waals surface area contributed by atoms with Crippen LogP contribution in [0.2, 0.25) is 0 Å². The summed E-state index contributed by atoms with van der Waals surface area (Å²) in [7, 11) is 0. The Hall–Kier alpha value is -0.260. The van der Waals surface area contributed by atoms with Crippen molar-refractivity contribution >= 4 is 0 Å². The van der Waals surface area contributed by atoms with Crippen LogP contribution in [0.4, 0.5) is 0 Å². The Bertz CT molecular complexity index is 135. The maximum Gasteiger partial charge on any atom is -0.00581 e. The van der Waals surface area contributed by atoms with Crippen molar-refractivity contribution in [1.29, 1.82) is 0 Å². The Morgan fingerprint density at radius 3 is 2.38 bits per heavy atom. The number of hydrogen-bond donors (Lipinski definition) is 0. The van der Waals surface area contributed by atoms with Crippen molar-refractivity contribution in [1.82, 2.24) is 0 Å². The van der Waals surface area contributed by atoms with Crippen LogP contribution in [0.1, 0.15) is 26.2 Å². The first-order valence-electron chi connectivity index (χ1n) is 3.51. The fraction of sp³-hybridized carbons (Fsp3) is 0.750. The van der Waals surface area contributed by atoms with Gasteiger partial charge in [-0.3, -0.25) is 0 Å². The van der Waals surface area contributed by atoms with Gasteiger partial charge in [0.25, 0.3) is 0 Å². The van der Waals surface area contributed by atoms with Gasteiger partial charge in [0.2, 0.25) is 0 Å². The van der Waals surface area contributed by atoms with E-state index in [2.05, 4.69) is 19.1 Å². The minimum Gasteiger partial charge on any atom is -0.0871 e. The summed E-state index contributed by atoms with van der Waals surface area (Å²) in [5.41, 5.74) is 0.722. The Labute approximate surface area is 50.6 Å². The van der Waals surface area contributed by atoms with Gasteiger partial charge in [-0.1, -0.05) is 19.1 Å². The van der Waals surface area contributed by atoms with E-state index >= 15 is 0 Å². The molecule has 0 saturated heterocycles. The smallest absolute Gasteiger partial charge is 0.00581 e. The fourth-order valence-corrected chi connectivity index (χ4v) is 1.78. The molecule has 0 bridgehead atoms. The summed E-state index contributed by atoms with van der Waals surface area (Å²) in [6.45, 7) is 2.37. The molecule has 0 radical (unpaired) electrons. The van der Waals surface area contributed by atoms with E-state index in [1.165, 1.54) is 19.3 Å². The molecule has 1 saturated carbocycles. The highest BCUT2D eigenvalue weighted by molar-refractivity contribution is 5.18. The van der Waals surface area contributed by atoms with Crippen LogP contribution >= 0.6 is 0 Å². The van der Waals surface area contributed by atoms with E-state index in [4.69, 9.17) is 0 Å². The molecule has 0 N–H and O–H groups in total. The van der Waals surface area contributed by atoms with E-state index in [1.54, 1.807) is 0 Å². The SMILES string of the molecule is CC1CCC12C=CC2. The first kappa shape index (κ1) is 4.60. The summed E-state index contributed by atoms with van der Waals surface area (Å²) in [5, 5.41) is 0. The predicted octanol–water partition coefficient (Wildman–Crippen LogP) is 2.36. The summed E-state index contributed by atoms with van der Waals surface area (Å²) >= 11 is 0. The predicted molar refractivity (Wildman–Crippen MR) is 34.6 cm³/mol. The molecule has 8 heavy (non-hydrogen) atoms. The lowest BCUT2D eigenvalue weighted by Crippen LogP contribution is -2.39. The van der Waals surface area contributed by atoms with Crippen LogP contribution in [0.25, 0.3) is 0 Å². The summed E-state index contributed by atoms with van der Waals surface area (Å²) in [6, 6.07) is 0. The van der Waals surface area contributed by atoms with E-state index in [9.17, 15) is 0 Å². The van der Waals surface area contributed by atoms with Crippen molar-refractivity contribution in [3.05, 3.63) is 12.2 Å². The standard InChI is InChI=1S/C8H12/c1-7-3-6-8(7)4-2-5-8/h2,4,7H,3,5-6H2,1H3. The van der Waals surface area contributed by atoms with Gasteiger partial charge >= 0.3 is 0 Å². The molecule has 0 aromatic rings. The fourth-order valence-electron chi connectivity index (χ4n) is 1.78. The Morgan fingerprint density at radius 2 is 2.38 bits per heavy atom. The molecule has 0 nitrogen and oxygen atoms in total. The molecule has 44 valence electrons. The quantitative estimate of drug-likeness (QED) is 0.418.